The molecule has 0 radical (unpaired) electrons. The Morgan fingerprint density at radius 1 is 1.30 bits per heavy atom. The lowest BCUT2D eigenvalue weighted by Gasteiger charge is -2.40. The van der Waals surface area contributed by atoms with Crippen LogP contribution in [0.25, 0.3) is 0 Å². The first-order valence-corrected chi connectivity index (χ1v) is 7.37. The molecule has 1 aromatic rings. The highest BCUT2D eigenvalue weighted by molar-refractivity contribution is 5.95. The molecule has 0 amide bonds. The average Bonchev–Trinajstić information content (AvgIpc) is 2.37. The molecule has 0 atom stereocenters. The second-order valence-corrected chi connectivity index (χ2v) is 6.78. The van der Waals surface area contributed by atoms with Crippen molar-refractivity contribution < 1.29 is 9.90 Å². The molecule has 0 spiro atoms. The predicted molar refractivity (Wildman–Crippen MR) is 82.6 cm³/mol. The molecule has 110 valence electrons. The Hall–Kier alpha value is -1.51. The molecule has 0 aliphatic heterocycles. The van der Waals surface area contributed by atoms with Gasteiger partial charge in [0.05, 0.1) is 11.3 Å². The number of carboxylic acids is 1. The maximum atomic E-state index is 11.4. The van der Waals surface area contributed by atoms with Gasteiger partial charge in [-0.3, -0.25) is 0 Å². The first-order chi connectivity index (χ1) is 9.32. The number of carbonyl (C=O) groups is 1. The van der Waals surface area contributed by atoms with Gasteiger partial charge in [-0.2, -0.15) is 0 Å². The summed E-state index contributed by atoms with van der Waals surface area (Å²) in [5.74, 6) is -0.841. The number of rotatable bonds is 3. The van der Waals surface area contributed by atoms with Crippen LogP contribution in [0.3, 0.4) is 0 Å². The molecule has 1 aliphatic carbocycles. The summed E-state index contributed by atoms with van der Waals surface area (Å²) in [6.45, 7) is 6.63. The summed E-state index contributed by atoms with van der Waals surface area (Å²) >= 11 is 0. The van der Waals surface area contributed by atoms with Crippen LogP contribution in [-0.2, 0) is 0 Å². The van der Waals surface area contributed by atoms with Crippen LogP contribution < -0.4 is 4.90 Å². The minimum atomic E-state index is -0.841. The monoisotopic (exact) mass is 275 g/mol. The normalized spacial score (nSPS) is 18.8. The fourth-order valence-corrected chi connectivity index (χ4v) is 3.25. The van der Waals surface area contributed by atoms with Crippen molar-refractivity contribution in [3.63, 3.8) is 0 Å². The number of aromatic carboxylic acids is 1. The number of para-hydroxylation sites is 1. The van der Waals surface area contributed by atoms with Gasteiger partial charge in [-0.25, -0.2) is 4.79 Å². The Kier molecular flexibility index (Phi) is 4.07. The van der Waals surface area contributed by atoms with Gasteiger partial charge in [-0.1, -0.05) is 26.0 Å². The molecule has 1 N–H and O–H groups in total. The lowest BCUT2D eigenvalue weighted by molar-refractivity contribution is 0.0697. The summed E-state index contributed by atoms with van der Waals surface area (Å²) < 4.78 is 0. The van der Waals surface area contributed by atoms with Crippen molar-refractivity contribution in [3.8, 4) is 0 Å². The van der Waals surface area contributed by atoms with Crippen LogP contribution in [0.5, 0.6) is 0 Å². The number of nitrogens with zero attached hydrogens (tertiary/aromatic N) is 1. The summed E-state index contributed by atoms with van der Waals surface area (Å²) in [5.41, 5.74) is 2.76. The van der Waals surface area contributed by atoms with Gasteiger partial charge in [-0.05, 0) is 49.7 Å². The largest absolute Gasteiger partial charge is 0.478 e. The van der Waals surface area contributed by atoms with Crippen LogP contribution in [0.2, 0.25) is 0 Å². The minimum absolute atomic E-state index is 0.414. The lowest BCUT2D eigenvalue weighted by Crippen LogP contribution is -2.38. The molecule has 20 heavy (non-hydrogen) atoms. The second-order valence-electron chi connectivity index (χ2n) is 6.78. The van der Waals surface area contributed by atoms with Crippen LogP contribution in [0.1, 0.15) is 55.5 Å². The van der Waals surface area contributed by atoms with E-state index in [4.69, 9.17) is 0 Å². The van der Waals surface area contributed by atoms with E-state index in [1.807, 2.05) is 26.1 Å². The molecular formula is C17H25NO2. The van der Waals surface area contributed by atoms with Gasteiger partial charge in [0.15, 0.2) is 0 Å². The highest BCUT2D eigenvalue weighted by Gasteiger charge is 2.30. The first-order valence-electron chi connectivity index (χ1n) is 7.37. The summed E-state index contributed by atoms with van der Waals surface area (Å²) in [5, 5.41) is 9.39. The maximum absolute atomic E-state index is 11.4. The molecule has 0 unspecified atom stereocenters. The number of benzene rings is 1. The molecule has 0 bridgehead atoms. The number of anilines is 1. The van der Waals surface area contributed by atoms with Crippen LogP contribution in [0.15, 0.2) is 18.2 Å². The number of hydrogen-bond donors (Lipinski definition) is 1. The smallest absolute Gasteiger partial charge is 0.337 e. The van der Waals surface area contributed by atoms with E-state index in [2.05, 4.69) is 18.7 Å². The summed E-state index contributed by atoms with van der Waals surface area (Å²) in [6.07, 6.45) is 4.68. The number of aryl methyl sites for hydroxylation is 1. The van der Waals surface area contributed by atoms with E-state index in [0.717, 1.165) is 24.1 Å². The Morgan fingerprint density at radius 3 is 2.45 bits per heavy atom. The highest BCUT2D eigenvalue weighted by Crippen LogP contribution is 2.38. The quantitative estimate of drug-likeness (QED) is 0.903. The van der Waals surface area contributed by atoms with Gasteiger partial charge in [0.1, 0.15) is 0 Å². The fraction of sp³-hybridized carbons (Fsp3) is 0.588. The Balaban J connectivity index is 2.26. The molecule has 1 aliphatic rings. The van der Waals surface area contributed by atoms with E-state index < -0.39 is 5.97 Å². The highest BCUT2D eigenvalue weighted by atomic mass is 16.4. The predicted octanol–water partition coefficient (Wildman–Crippen LogP) is 4.10. The van der Waals surface area contributed by atoms with E-state index in [-0.39, 0.29) is 0 Å². The van der Waals surface area contributed by atoms with Gasteiger partial charge >= 0.3 is 5.97 Å². The van der Waals surface area contributed by atoms with Crippen LogP contribution in [0.4, 0.5) is 5.69 Å². The number of carboxylic acid groups (broad SMARTS) is 1. The topological polar surface area (TPSA) is 40.5 Å². The van der Waals surface area contributed by atoms with E-state index in [9.17, 15) is 9.90 Å². The van der Waals surface area contributed by atoms with Crippen molar-refractivity contribution in [2.24, 2.45) is 5.41 Å². The molecular weight excluding hydrogens is 250 g/mol. The van der Waals surface area contributed by atoms with Gasteiger partial charge in [0, 0.05) is 13.1 Å². The molecule has 1 fully saturated rings. The molecule has 3 heteroatoms. The third-order valence-corrected chi connectivity index (χ3v) is 4.68. The zero-order valence-electron chi connectivity index (χ0n) is 12.9. The summed E-state index contributed by atoms with van der Waals surface area (Å²) in [6, 6.07) is 5.96. The Morgan fingerprint density at radius 2 is 1.90 bits per heavy atom. The van der Waals surface area contributed by atoms with Crippen molar-refractivity contribution in [3.05, 3.63) is 29.3 Å². The summed E-state index contributed by atoms with van der Waals surface area (Å²) in [4.78, 5) is 13.6. The van der Waals surface area contributed by atoms with E-state index in [1.54, 1.807) is 6.07 Å². The molecule has 0 heterocycles. The fourth-order valence-electron chi connectivity index (χ4n) is 3.25. The van der Waals surface area contributed by atoms with E-state index >= 15 is 0 Å². The van der Waals surface area contributed by atoms with E-state index in [0.29, 0.717) is 17.0 Å². The Labute approximate surface area is 121 Å². The van der Waals surface area contributed by atoms with E-state index in [1.165, 1.54) is 12.8 Å². The second kappa shape index (κ2) is 5.47. The number of hydrogen-bond acceptors (Lipinski definition) is 2. The van der Waals surface area contributed by atoms with Gasteiger partial charge in [0.25, 0.3) is 0 Å². The van der Waals surface area contributed by atoms with Crippen molar-refractivity contribution in [2.75, 3.05) is 11.9 Å². The molecule has 0 saturated heterocycles. The zero-order chi connectivity index (χ0) is 14.9. The van der Waals surface area contributed by atoms with Crippen LogP contribution in [0, 0.1) is 12.3 Å². The molecule has 3 nitrogen and oxygen atoms in total. The third-order valence-electron chi connectivity index (χ3n) is 4.68. The minimum Gasteiger partial charge on any atom is -0.478 e. The molecule has 2 rings (SSSR count). The average molecular weight is 275 g/mol. The lowest BCUT2D eigenvalue weighted by atomic mass is 9.75. The maximum Gasteiger partial charge on any atom is 0.337 e. The van der Waals surface area contributed by atoms with Crippen molar-refractivity contribution in [1.29, 1.82) is 0 Å². The van der Waals surface area contributed by atoms with Crippen molar-refractivity contribution >= 4 is 11.7 Å². The first kappa shape index (κ1) is 14.9. The van der Waals surface area contributed by atoms with Gasteiger partial charge in [-0.15, -0.1) is 0 Å². The zero-order valence-corrected chi connectivity index (χ0v) is 12.9. The van der Waals surface area contributed by atoms with Gasteiger partial charge in [0.2, 0.25) is 0 Å². The van der Waals surface area contributed by atoms with Crippen LogP contribution >= 0.6 is 0 Å². The van der Waals surface area contributed by atoms with Crippen LogP contribution in [-0.4, -0.2) is 24.2 Å². The SMILES string of the molecule is Cc1cccc(C(=O)O)c1N(C)C1CCC(C)(C)CC1. The van der Waals surface area contributed by atoms with Crippen molar-refractivity contribution in [1.82, 2.24) is 0 Å². The standard InChI is InChI=1S/C17H25NO2/c1-12-6-5-7-14(16(19)20)15(12)18(4)13-8-10-17(2,3)11-9-13/h5-7,13H,8-11H2,1-4H3,(H,19,20). The molecule has 1 saturated carbocycles. The molecule has 0 aromatic heterocycles. The molecule has 1 aromatic carbocycles. The van der Waals surface area contributed by atoms with Gasteiger partial charge < -0.3 is 10.0 Å². The Bertz CT molecular complexity index is 498. The van der Waals surface area contributed by atoms with Crippen molar-refractivity contribution in [2.45, 2.75) is 52.5 Å². The summed E-state index contributed by atoms with van der Waals surface area (Å²) in [7, 11) is 2.04. The third kappa shape index (κ3) is 2.97.